The highest BCUT2D eigenvalue weighted by Gasteiger charge is 2.41. The van der Waals surface area contributed by atoms with E-state index in [9.17, 15) is 9.59 Å². The highest BCUT2D eigenvalue weighted by Crippen LogP contribution is 2.42. The molecule has 15 heavy (non-hydrogen) atoms. The molecule has 0 aromatic rings. The van der Waals surface area contributed by atoms with Gasteiger partial charge in [-0.1, -0.05) is 0 Å². The summed E-state index contributed by atoms with van der Waals surface area (Å²) in [5, 5.41) is 8.79. The van der Waals surface area contributed by atoms with Crippen LogP contribution in [0.3, 0.4) is 0 Å². The Morgan fingerprint density at radius 1 is 1.33 bits per heavy atom. The third-order valence-corrected chi connectivity index (χ3v) is 3.75. The molecule has 1 aliphatic carbocycles. The zero-order chi connectivity index (χ0) is 11.0. The monoisotopic (exact) mass is 211 g/mol. The molecule has 1 N–H and O–H groups in total. The van der Waals surface area contributed by atoms with Gasteiger partial charge in [0.25, 0.3) is 0 Å². The van der Waals surface area contributed by atoms with E-state index >= 15 is 0 Å². The maximum Gasteiger partial charge on any atom is 0.303 e. The maximum absolute atomic E-state index is 11.3. The molecule has 0 unspecified atom stereocenters. The summed E-state index contributed by atoms with van der Waals surface area (Å²) in [5.41, 5.74) is 0. The minimum absolute atomic E-state index is 0.126. The Bertz CT molecular complexity index is 290. The summed E-state index contributed by atoms with van der Waals surface area (Å²) in [5.74, 6) is 0.667. The quantitative estimate of drug-likeness (QED) is 0.740. The van der Waals surface area contributed by atoms with Gasteiger partial charge in [0.1, 0.15) is 0 Å². The number of likely N-dealkylation sites (tertiary alicyclic amines) is 1. The second kappa shape index (κ2) is 3.83. The van der Waals surface area contributed by atoms with Crippen LogP contribution in [0.1, 0.15) is 26.2 Å². The molecule has 4 nitrogen and oxygen atoms in total. The molecule has 3 atom stereocenters. The van der Waals surface area contributed by atoms with Crippen LogP contribution >= 0.6 is 0 Å². The number of carbonyl (C=O) groups excluding carboxylic acids is 1. The molecule has 0 aromatic carbocycles. The Hall–Kier alpha value is -1.06. The maximum atomic E-state index is 11.3. The van der Waals surface area contributed by atoms with E-state index in [1.54, 1.807) is 6.92 Å². The Morgan fingerprint density at radius 2 is 2.07 bits per heavy atom. The third-order valence-electron chi connectivity index (χ3n) is 3.75. The second-order valence-electron chi connectivity index (χ2n) is 4.88. The van der Waals surface area contributed by atoms with Gasteiger partial charge in [0.05, 0.1) is 0 Å². The van der Waals surface area contributed by atoms with Crippen LogP contribution in [-0.2, 0) is 9.59 Å². The molecule has 1 heterocycles. The van der Waals surface area contributed by atoms with Crippen molar-refractivity contribution in [2.24, 2.45) is 17.8 Å². The fourth-order valence-corrected chi connectivity index (χ4v) is 3.11. The number of aliphatic carboxylic acids is 1. The summed E-state index contributed by atoms with van der Waals surface area (Å²) in [7, 11) is 0. The van der Waals surface area contributed by atoms with Crippen molar-refractivity contribution in [1.29, 1.82) is 0 Å². The number of carbonyl (C=O) groups is 2. The summed E-state index contributed by atoms with van der Waals surface area (Å²) in [6.07, 6.45) is 2.37. The zero-order valence-corrected chi connectivity index (χ0v) is 8.98. The third kappa shape index (κ3) is 2.13. The molecule has 1 amide bonds. The summed E-state index contributed by atoms with van der Waals surface area (Å²) in [6, 6.07) is 0. The molecule has 2 aliphatic rings. The first-order valence-corrected chi connectivity index (χ1v) is 5.53. The number of piperidine rings is 1. The summed E-state index contributed by atoms with van der Waals surface area (Å²) < 4.78 is 0. The second-order valence-corrected chi connectivity index (χ2v) is 4.88. The van der Waals surface area contributed by atoms with Crippen molar-refractivity contribution in [2.45, 2.75) is 26.2 Å². The molecule has 84 valence electrons. The van der Waals surface area contributed by atoms with Gasteiger partial charge in [-0.25, -0.2) is 0 Å². The van der Waals surface area contributed by atoms with Crippen LogP contribution in [0.4, 0.5) is 0 Å². The van der Waals surface area contributed by atoms with E-state index in [-0.39, 0.29) is 18.2 Å². The lowest BCUT2D eigenvalue weighted by atomic mass is 9.92. The van der Waals surface area contributed by atoms with Crippen LogP contribution in [0.15, 0.2) is 0 Å². The van der Waals surface area contributed by atoms with Crippen molar-refractivity contribution in [3.8, 4) is 0 Å². The van der Waals surface area contributed by atoms with Gasteiger partial charge in [0.15, 0.2) is 0 Å². The van der Waals surface area contributed by atoms with Crippen molar-refractivity contribution in [1.82, 2.24) is 4.90 Å². The molecule has 2 fully saturated rings. The smallest absolute Gasteiger partial charge is 0.303 e. The van der Waals surface area contributed by atoms with Gasteiger partial charge in [-0.3, -0.25) is 9.59 Å². The molecular formula is C11H17NO3. The molecule has 4 heteroatoms. The highest BCUT2D eigenvalue weighted by molar-refractivity contribution is 5.73. The lowest BCUT2D eigenvalue weighted by Crippen LogP contribution is -2.40. The van der Waals surface area contributed by atoms with Gasteiger partial charge >= 0.3 is 5.97 Å². The molecule has 2 bridgehead atoms. The van der Waals surface area contributed by atoms with E-state index < -0.39 is 5.97 Å². The normalized spacial score (nSPS) is 34.2. The van der Waals surface area contributed by atoms with Crippen molar-refractivity contribution < 1.29 is 14.7 Å². The SMILES string of the molecule is CC(=O)N1C[C@@H]2C[C@H](CC(=O)O)[C@@H](C2)C1. The summed E-state index contributed by atoms with van der Waals surface area (Å²) in [4.78, 5) is 23.8. The van der Waals surface area contributed by atoms with E-state index in [0.29, 0.717) is 11.8 Å². The van der Waals surface area contributed by atoms with Gasteiger partial charge in [0.2, 0.25) is 5.91 Å². The van der Waals surface area contributed by atoms with E-state index in [4.69, 9.17) is 5.11 Å². The lowest BCUT2D eigenvalue weighted by molar-refractivity contribution is -0.138. The largest absolute Gasteiger partial charge is 0.481 e. The van der Waals surface area contributed by atoms with E-state index in [1.807, 2.05) is 4.90 Å². The molecule has 1 saturated heterocycles. The Labute approximate surface area is 89.3 Å². The summed E-state index contributed by atoms with van der Waals surface area (Å²) in [6.45, 7) is 3.20. The first-order valence-electron chi connectivity index (χ1n) is 5.53. The number of fused-ring (bicyclic) bond motifs is 2. The Morgan fingerprint density at radius 3 is 2.67 bits per heavy atom. The minimum Gasteiger partial charge on any atom is -0.481 e. The van der Waals surface area contributed by atoms with E-state index in [2.05, 4.69) is 0 Å². The number of hydrogen-bond acceptors (Lipinski definition) is 2. The van der Waals surface area contributed by atoms with Gasteiger partial charge in [0, 0.05) is 26.4 Å². The molecule has 1 saturated carbocycles. The predicted octanol–water partition coefficient (Wildman–Crippen LogP) is 0.966. The minimum atomic E-state index is -0.707. The highest BCUT2D eigenvalue weighted by atomic mass is 16.4. The van der Waals surface area contributed by atoms with Crippen molar-refractivity contribution in [3.63, 3.8) is 0 Å². The predicted molar refractivity (Wildman–Crippen MR) is 54.2 cm³/mol. The zero-order valence-electron chi connectivity index (χ0n) is 8.98. The van der Waals surface area contributed by atoms with Crippen LogP contribution in [0.2, 0.25) is 0 Å². The number of hydrogen-bond donors (Lipinski definition) is 1. The van der Waals surface area contributed by atoms with Crippen molar-refractivity contribution in [3.05, 3.63) is 0 Å². The van der Waals surface area contributed by atoms with Gasteiger partial charge in [-0.2, -0.15) is 0 Å². The number of carboxylic acids is 1. The van der Waals surface area contributed by atoms with Gasteiger partial charge in [-0.15, -0.1) is 0 Å². The van der Waals surface area contributed by atoms with Crippen LogP contribution in [0.25, 0.3) is 0 Å². The molecule has 1 aliphatic heterocycles. The molecule has 2 rings (SSSR count). The van der Waals surface area contributed by atoms with Crippen LogP contribution in [-0.4, -0.2) is 35.0 Å². The molecule has 0 radical (unpaired) electrons. The van der Waals surface area contributed by atoms with Crippen molar-refractivity contribution >= 4 is 11.9 Å². The first-order chi connectivity index (χ1) is 7.06. The fraction of sp³-hybridized carbons (Fsp3) is 0.818. The van der Waals surface area contributed by atoms with Crippen LogP contribution < -0.4 is 0 Å². The van der Waals surface area contributed by atoms with E-state index in [1.165, 1.54) is 0 Å². The molecular weight excluding hydrogens is 194 g/mol. The average molecular weight is 211 g/mol. The van der Waals surface area contributed by atoms with Gasteiger partial charge < -0.3 is 10.0 Å². The standard InChI is InChI=1S/C11H17NO3/c1-7(13)12-5-8-2-9(4-11(14)15)10(3-8)6-12/h8-10H,2-6H2,1H3,(H,14,15)/t8-,9-,10+/m1/s1. The first kappa shape index (κ1) is 10.5. The van der Waals surface area contributed by atoms with Gasteiger partial charge in [-0.05, 0) is 30.6 Å². The summed E-state index contributed by atoms with van der Waals surface area (Å²) >= 11 is 0. The molecule has 0 spiro atoms. The Kier molecular flexibility index (Phi) is 2.67. The molecule has 0 aromatic heterocycles. The van der Waals surface area contributed by atoms with E-state index in [0.717, 1.165) is 25.9 Å². The number of nitrogens with zero attached hydrogens (tertiary/aromatic N) is 1. The van der Waals surface area contributed by atoms with Crippen molar-refractivity contribution in [2.75, 3.05) is 13.1 Å². The number of rotatable bonds is 2. The number of carboxylic acid groups (broad SMARTS) is 1. The van der Waals surface area contributed by atoms with Crippen LogP contribution in [0, 0.1) is 17.8 Å². The van der Waals surface area contributed by atoms with Crippen LogP contribution in [0.5, 0.6) is 0 Å². The lowest BCUT2D eigenvalue weighted by Gasteiger charge is -2.31. The Balaban J connectivity index is 1.99. The topological polar surface area (TPSA) is 57.6 Å². The number of amides is 1. The average Bonchev–Trinajstić information content (AvgIpc) is 2.40. The fourth-order valence-electron chi connectivity index (χ4n) is 3.11.